The highest BCUT2D eigenvalue weighted by Crippen LogP contribution is 2.19. The summed E-state index contributed by atoms with van der Waals surface area (Å²) in [5.41, 5.74) is 0. The Bertz CT molecular complexity index is 208. The number of rotatable bonds is 3. The van der Waals surface area contributed by atoms with Gasteiger partial charge >= 0.3 is 0 Å². The quantitative estimate of drug-likeness (QED) is 0.586. The summed E-state index contributed by atoms with van der Waals surface area (Å²) in [4.78, 5) is 13.1. The lowest BCUT2D eigenvalue weighted by molar-refractivity contribution is -0.126. The van der Waals surface area contributed by atoms with Gasteiger partial charge in [0.05, 0.1) is 6.04 Å². The van der Waals surface area contributed by atoms with Crippen LogP contribution in [0.15, 0.2) is 24.9 Å². The van der Waals surface area contributed by atoms with Crippen LogP contribution in [0.25, 0.3) is 0 Å². The van der Waals surface area contributed by atoms with Crippen LogP contribution in [-0.4, -0.2) is 16.8 Å². The van der Waals surface area contributed by atoms with Crippen LogP contribution >= 0.6 is 0 Å². The van der Waals surface area contributed by atoms with E-state index in [0.717, 1.165) is 12.8 Å². The minimum Gasteiger partial charge on any atom is -0.313 e. The predicted molar refractivity (Wildman–Crippen MR) is 49.5 cm³/mol. The molecule has 1 fully saturated rings. The number of likely N-dealkylation sites (tertiary alicyclic amines) is 1. The normalized spacial score (nSPS) is 23.9. The molecule has 1 saturated heterocycles. The fourth-order valence-electron chi connectivity index (χ4n) is 1.37. The van der Waals surface area contributed by atoms with Crippen LogP contribution in [0.1, 0.15) is 26.2 Å². The van der Waals surface area contributed by atoms with E-state index in [9.17, 15) is 4.79 Å². The first-order chi connectivity index (χ1) is 5.79. The second-order valence-corrected chi connectivity index (χ2v) is 2.94. The van der Waals surface area contributed by atoms with Gasteiger partial charge in [-0.05, 0) is 12.8 Å². The molecule has 1 amide bonds. The molecular weight excluding hydrogens is 150 g/mol. The van der Waals surface area contributed by atoms with E-state index in [2.05, 4.69) is 13.5 Å². The summed E-state index contributed by atoms with van der Waals surface area (Å²) >= 11 is 0. The highest BCUT2D eigenvalue weighted by molar-refractivity contribution is 5.80. The van der Waals surface area contributed by atoms with Crippen molar-refractivity contribution in [2.24, 2.45) is 0 Å². The Kier molecular flexibility index (Phi) is 3.09. The molecule has 0 spiro atoms. The maximum atomic E-state index is 11.3. The van der Waals surface area contributed by atoms with Crippen LogP contribution in [0.3, 0.4) is 0 Å². The van der Waals surface area contributed by atoms with Gasteiger partial charge in [-0.3, -0.25) is 4.79 Å². The summed E-state index contributed by atoms with van der Waals surface area (Å²) in [7, 11) is 0. The molecule has 0 aromatic heterocycles. The lowest BCUT2D eigenvalue weighted by atomic mass is 10.2. The highest BCUT2D eigenvalue weighted by Gasteiger charge is 2.26. The third-order valence-electron chi connectivity index (χ3n) is 2.07. The topological polar surface area (TPSA) is 20.3 Å². The number of nitrogens with zero attached hydrogens (tertiary/aromatic N) is 1. The van der Waals surface area contributed by atoms with Crippen molar-refractivity contribution in [3.05, 3.63) is 24.9 Å². The Balaban J connectivity index is 2.63. The number of carbonyl (C=O) groups excluding carboxylic acids is 1. The molecular formula is C10H15NO. The SMILES string of the molecule is C=CC1CCC(=O)N1/C=C/CC. The number of hydrogen-bond donors (Lipinski definition) is 0. The fraction of sp³-hybridized carbons (Fsp3) is 0.500. The molecule has 66 valence electrons. The zero-order valence-corrected chi connectivity index (χ0v) is 7.49. The van der Waals surface area contributed by atoms with E-state index in [1.807, 2.05) is 18.4 Å². The van der Waals surface area contributed by atoms with Crippen molar-refractivity contribution in [2.75, 3.05) is 0 Å². The van der Waals surface area contributed by atoms with Crippen molar-refractivity contribution >= 4 is 5.91 Å². The van der Waals surface area contributed by atoms with Gasteiger partial charge in [0.25, 0.3) is 0 Å². The summed E-state index contributed by atoms with van der Waals surface area (Å²) < 4.78 is 0. The second-order valence-electron chi connectivity index (χ2n) is 2.94. The summed E-state index contributed by atoms with van der Waals surface area (Å²) in [6.45, 7) is 5.76. The maximum Gasteiger partial charge on any atom is 0.227 e. The molecule has 2 nitrogen and oxygen atoms in total. The van der Waals surface area contributed by atoms with E-state index >= 15 is 0 Å². The van der Waals surface area contributed by atoms with Crippen LogP contribution < -0.4 is 0 Å². The van der Waals surface area contributed by atoms with Crippen molar-refractivity contribution < 1.29 is 4.79 Å². The average Bonchev–Trinajstić information content (AvgIpc) is 2.43. The average molecular weight is 165 g/mol. The molecule has 1 aliphatic rings. The van der Waals surface area contributed by atoms with E-state index in [-0.39, 0.29) is 11.9 Å². The molecule has 0 radical (unpaired) electrons. The van der Waals surface area contributed by atoms with Gasteiger partial charge in [-0.15, -0.1) is 6.58 Å². The van der Waals surface area contributed by atoms with Gasteiger partial charge in [0.1, 0.15) is 0 Å². The summed E-state index contributed by atoms with van der Waals surface area (Å²) in [5, 5.41) is 0. The van der Waals surface area contributed by atoms with Crippen LogP contribution in [0.5, 0.6) is 0 Å². The minimum atomic E-state index is 0.213. The Morgan fingerprint density at radius 1 is 1.75 bits per heavy atom. The van der Waals surface area contributed by atoms with E-state index in [1.54, 1.807) is 4.90 Å². The van der Waals surface area contributed by atoms with Crippen molar-refractivity contribution in [1.82, 2.24) is 4.90 Å². The fourth-order valence-corrected chi connectivity index (χ4v) is 1.37. The van der Waals surface area contributed by atoms with Gasteiger partial charge < -0.3 is 4.90 Å². The Morgan fingerprint density at radius 2 is 2.50 bits per heavy atom. The van der Waals surface area contributed by atoms with E-state index < -0.39 is 0 Å². The molecule has 12 heavy (non-hydrogen) atoms. The van der Waals surface area contributed by atoms with Gasteiger partial charge in [0.15, 0.2) is 0 Å². The number of hydrogen-bond acceptors (Lipinski definition) is 1. The summed E-state index contributed by atoms with van der Waals surface area (Å²) in [6.07, 6.45) is 8.25. The number of amides is 1. The molecule has 1 heterocycles. The molecule has 0 aliphatic carbocycles. The molecule has 0 aromatic rings. The van der Waals surface area contributed by atoms with Crippen LogP contribution in [-0.2, 0) is 4.79 Å². The molecule has 0 aromatic carbocycles. The third kappa shape index (κ3) is 1.76. The summed E-state index contributed by atoms with van der Waals surface area (Å²) in [6, 6.07) is 0.222. The molecule has 0 N–H and O–H groups in total. The number of allylic oxidation sites excluding steroid dienone is 1. The van der Waals surface area contributed by atoms with E-state index in [1.165, 1.54) is 0 Å². The van der Waals surface area contributed by atoms with Gasteiger partial charge in [0.2, 0.25) is 5.91 Å². The predicted octanol–water partition coefficient (Wildman–Crippen LogP) is 2.09. The molecule has 1 atom stereocenters. The zero-order chi connectivity index (χ0) is 8.97. The van der Waals surface area contributed by atoms with Gasteiger partial charge in [-0.1, -0.05) is 19.1 Å². The highest BCUT2D eigenvalue weighted by atomic mass is 16.2. The van der Waals surface area contributed by atoms with Crippen molar-refractivity contribution in [3.63, 3.8) is 0 Å². The van der Waals surface area contributed by atoms with Crippen molar-refractivity contribution in [3.8, 4) is 0 Å². The molecule has 0 bridgehead atoms. The minimum absolute atomic E-state index is 0.213. The van der Waals surface area contributed by atoms with Crippen LogP contribution in [0.4, 0.5) is 0 Å². The van der Waals surface area contributed by atoms with E-state index in [0.29, 0.717) is 6.42 Å². The largest absolute Gasteiger partial charge is 0.313 e. The Labute approximate surface area is 73.6 Å². The molecule has 0 saturated carbocycles. The van der Waals surface area contributed by atoms with Gasteiger partial charge in [-0.25, -0.2) is 0 Å². The van der Waals surface area contributed by atoms with Crippen molar-refractivity contribution in [2.45, 2.75) is 32.2 Å². The number of carbonyl (C=O) groups is 1. The molecule has 2 heteroatoms. The maximum absolute atomic E-state index is 11.3. The Hall–Kier alpha value is -1.05. The Morgan fingerprint density at radius 3 is 3.08 bits per heavy atom. The van der Waals surface area contributed by atoms with Crippen LogP contribution in [0.2, 0.25) is 0 Å². The lowest BCUT2D eigenvalue weighted by Gasteiger charge is -2.16. The summed E-state index contributed by atoms with van der Waals surface area (Å²) in [5.74, 6) is 0.213. The van der Waals surface area contributed by atoms with Gasteiger partial charge in [0, 0.05) is 12.6 Å². The lowest BCUT2D eigenvalue weighted by Crippen LogP contribution is -2.25. The molecule has 1 rings (SSSR count). The first-order valence-corrected chi connectivity index (χ1v) is 4.40. The third-order valence-corrected chi connectivity index (χ3v) is 2.07. The first-order valence-electron chi connectivity index (χ1n) is 4.40. The second kappa shape index (κ2) is 4.10. The van der Waals surface area contributed by atoms with Crippen LogP contribution in [0, 0.1) is 0 Å². The van der Waals surface area contributed by atoms with Gasteiger partial charge in [-0.2, -0.15) is 0 Å². The van der Waals surface area contributed by atoms with Crippen molar-refractivity contribution in [1.29, 1.82) is 0 Å². The molecule has 1 aliphatic heterocycles. The standard InChI is InChI=1S/C10H15NO/c1-3-5-8-11-9(4-2)6-7-10(11)12/h4-5,8-9H,2-3,6-7H2,1H3/b8-5+. The van der Waals surface area contributed by atoms with E-state index in [4.69, 9.17) is 0 Å². The molecule has 1 unspecified atom stereocenters. The monoisotopic (exact) mass is 165 g/mol. The first kappa shape index (κ1) is 9.04. The zero-order valence-electron chi connectivity index (χ0n) is 7.49. The smallest absolute Gasteiger partial charge is 0.227 e.